The number of azo groups is 1. The summed E-state index contributed by atoms with van der Waals surface area (Å²) < 4.78 is 67.8. The van der Waals surface area contributed by atoms with Crippen LogP contribution in [-0.4, -0.2) is 31.5 Å². The van der Waals surface area contributed by atoms with Gasteiger partial charge in [0.05, 0.1) is 11.2 Å². The average Bonchev–Trinajstić information content (AvgIpc) is 2.80. The van der Waals surface area contributed by atoms with E-state index in [2.05, 4.69) is 10.2 Å². The first kappa shape index (κ1) is 28.8. The van der Waals surface area contributed by atoms with Gasteiger partial charge in [-0.2, -0.15) is 27.1 Å². The van der Waals surface area contributed by atoms with E-state index in [1.54, 1.807) is 18.2 Å². The van der Waals surface area contributed by atoms with Gasteiger partial charge in [0.1, 0.15) is 9.79 Å². The maximum absolute atomic E-state index is 12.1. The summed E-state index contributed by atoms with van der Waals surface area (Å²) in [5.74, 6) is 0. The van der Waals surface area contributed by atoms with E-state index in [9.17, 15) is 25.9 Å². The summed E-state index contributed by atoms with van der Waals surface area (Å²) in [6.45, 7) is 11.8. The van der Waals surface area contributed by atoms with Gasteiger partial charge >= 0.3 is 0 Å². The van der Waals surface area contributed by atoms with Gasteiger partial charge in [-0.25, -0.2) is 0 Å². The Morgan fingerprint density at radius 3 is 1.71 bits per heavy atom. The van der Waals surface area contributed by atoms with E-state index in [1.807, 2.05) is 41.5 Å². The van der Waals surface area contributed by atoms with E-state index < -0.39 is 25.1 Å². The second kappa shape index (κ2) is 10.7. The highest BCUT2D eigenvalue weighted by Crippen LogP contribution is 2.32. The van der Waals surface area contributed by atoms with Crippen molar-refractivity contribution < 1.29 is 25.9 Å². The van der Waals surface area contributed by atoms with Crippen molar-refractivity contribution in [3.63, 3.8) is 0 Å². The molecular formula is C25H34N2O6S2. The molecule has 0 radical (unpaired) electrons. The summed E-state index contributed by atoms with van der Waals surface area (Å²) in [6.07, 6.45) is 5.00. The molecule has 8 nitrogen and oxygen atoms in total. The fraction of sp³-hybridized carbons (Fsp3) is 0.440. The molecule has 0 fully saturated rings. The molecule has 10 heteroatoms. The number of nitrogens with zero attached hydrogens (tertiary/aromatic N) is 2. The van der Waals surface area contributed by atoms with Crippen LogP contribution in [0.1, 0.15) is 77.5 Å². The Morgan fingerprint density at radius 1 is 0.771 bits per heavy atom. The molecule has 192 valence electrons. The van der Waals surface area contributed by atoms with Gasteiger partial charge in [-0.15, -0.1) is 0 Å². The van der Waals surface area contributed by atoms with E-state index >= 15 is 0 Å². The monoisotopic (exact) mass is 522 g/mol. The maximum Gasteiger partial charge on any atom is 0.295 e. The molecule has 0 unspecified atom stereocenters. The van der Waals surface area contributed by atoms with Crippen LogP contribution < -0.4 is 0 Å². The zero-order chi connectivity index (χ0) is 26.7. The zero-order valence-electron chi connectivity index (χ0n) is 21.0. The van der Waals surface area contributed by atoms with Crippen LogP contribution in [0.15, 0.2) is 56.4 Å². The highest BCUT2D eigenvalue weighted by molar-refractivity contribution is 7.86. The third-order valence-electron chi connectivity index (χ3n) is 6.60. The first-order valence-corrected chi connectivity index (χ1v) is 14.3. The molecule has 0 aliphatic rings. The van der Waals surface area contributed by atoms with Crippen molar-refractivity contribution in [1.29, 1.82) is 0 Å². The molecule has 0 heterocycles. The molecule has 2 N–H and O–H groups in total. The van der Waals surface area contributed by atoms with Gasteiger partial charge in [-0.05, 0) is 66.5 Å². The Morgan fingerprint density at radius 2 is 1.26 bits per heavy atom. The van der Waals surface area contributed by atoms with Crippen LogP contribution in [0.5, 0.6) is 0 Å². The van der Waals surface area contributed by atoms with E-state index in [1.165, 1.54) is 30.4 Å². The molecule has 2 aromatic carbocycles. The molecule has 35 heavy (non-hydrogen) atoms. The third-order valence-corrected chi connectivity index (χ3v) is 8.42. The van der Waals surface area contributed by atoms with Crippen molar-refractivity contribution in [1.82, 2.24) is 0 Å². The zero-order valence-corrected chi connectivity index (χ0v) is 22.6. The van der Waals surface area contributed by atoms with Crippen molar-refractivity contribution in [2.24, 2.45) is 10.2 Å². The van der Waals surface area contributed by atoms with Crippen molar-refractivity contribution in [2.75, 3.05) is 0 Å². The molecule has 0 amide bonds. The van der Waals surface area contributed by atoms with Crippen molar-refractivity contribution >= 4 is 38.1 Å². The summed E-state index contributed by atoms with van der Waals surface area (Å²) in [6, 6.07) is 8.96. The summed E-state index contributed by atoms with van der Waals surface area (Å²) in [4.78, 5) is -0.679. The van der Waals surface area contributed by atoms with Crippen LogP contribution in [0, 0.1) is 0 Å². The van der Waals surface area contributed by atoms with Gasteiger partial charge in [0.25, 0.3) is 20.2 Å². The molecule has 0 aromatic heterocycles. The first-order valence-electron chi connectivity index (χ1n) is 11.4. The lowest BCUT2D eigenvalue weighted by molar-refractivity contribution is 0.421. The Balaban J connectivity index is 2.58. The van der Waals surface area contributed by atoms with Gasteiger partial charge in [0.15, 0.2) is 0 Å². The molecular weight excluding hydrogens is 488 g/mol. The molecule has 0 spiro atoms. The molecule has 0 saturated carbocycles. The van der Waals surface area contributed by atoms with Crippen LogP contribution >= 0.6 is 0 Å². The predicted octanol–water partition coefficient (Wildman–Crippen LogP) is 6.70. The number of rotatable bonds is 10. The smallest absolute Gasteiger partial charge is 0.282 e. The topological polar surface area (TPSA) is 133 Å². The average molecular weight is 523 g/mol. The van der Waals surface area contributed by atoms with Crippen molar-refractivity contribution in [3.05, 3.63) is 53.1 Å². The lowest BCUT2D eigenvalue weighted by atomic mass is 9.82. The Hall–Kier alpha value is -2.40. The summed E-state index contributed by atoms with van der Waals surface area (Å²) in [7, 11) is -9.16. The standard InChI is InChI=1S/C25H34N2O6S2/c1-7-24(4,5)20-14-12-18(22(16-20)34(28,29)30)10-11-19-13-15-21(17-23(19)35(31,32)33)26-27-25(6,8-2)9-3/h10-17H,7-9H2,1-6H3,(H,28,29,30)(H,31,32,33). The summed E-state index contributed by atoms with van der Waals surface area (Å²) in [5, 5.41) is 8.47. The Kier molecular flexibility index (Phi) is 8.81. The minimum absolute atomic E-state index is 0.124. The normalized spacial score (nSPS) is 13.7. The van der Waals surface area contributed by atoms with Gasteiger partial charge < -0.3 is 0 Å². The number of hydrogen-bond acceptors (Lipinski definition) is 6. The highest BCUT2D eigenvalue weighted by Gasteiger charge is 2.23. The van der Waals surface area contributed by atoms with Gasteiger partial charge in [0.2, 0.25) is 0 Å². The minimum atomic E-state index is -4.61. The Labute approximate surface area is 208 Å². The molecule has 0 aliphatic carbocycles. The van der Waals surface area contributed by atoms with Crippen LogP contribution in [0.2, 0.25) is 0 Å². The highest BCUT2D eigenvalue weighted by atomic mass is 32.2. The van der Waals surface area contributed by atoms with Crippen LogP contribution in [-0.2, 0) is 25.7 Å². The molecule has 2 aromatic rings. The van der Waals surface area contributed by atoms with Gasteiger partial charge in [-0.1, -0.05) is 65.0 Å². The number of benzene rings is 2. The molecule has 0 aliphatic heterocycles. The molecule has 0 saturated heterocycles. The second-order valence-electron chi connectivity index (χ2n) is 9.40. The van der Waals surface area contributed by atoms with E-state index in [4.69, 9.17) is 0 Å². The van der Waals surface area contributed by atoms with E-state index in [0.29, 0.717) is 0 Å². The quantitative estimate of drug-likeness (QED) is 0.203. The van der Waals surface area contributed by atoms with E-state index in [0.717, 1.165) is 24.8 Å². The third kappa shape index (κ3) is 7.30. The fourth-order valence-electron chi connectivity index (χ4n) is 3.22. The lowest BCUT2D eigenvalue weighted by Crippen LogP contribution is -2.17. The van der Waals surface area contributed by atoms with Crippen LogP contribution in [0.4, 0.5) is 5.69 Å². The molecule has 2 rings (SSSR count). The fourth-order valence-corrected chi connectivity index (χ4v) is 4.63. The predicted molar refractivity (Wildman–Crippen MR) is 138 cm³/mol. The maximum atomic E-state index is 12.1. The largest absolute Gasteiger partial charge is 0.295 e. The summed E-state index contributed by atoms with van der Waals surface area (Å²) in [5.41, 5.74) is 0.600. The van der Waals surface area contributed by atoms with Crippen LogP contribution in [0.25, 0.3) is 12.2 Å². The molecule has 0 atom stereocenters. The van der Waals surface area contributed by atoms with Crippen molar-refractivity contribution in [3.8, 4) is 0 Å². The lowest BCUT2D eigenvalue weighted by Gasteiger charge is -2.24. The SMILES string of the molecule is CCC(C)(CC)N=Nc1ccc(C=Cc2ccc(C(C)(C)CC)cc2S(=O)(=O)O)c(S(=O)(=O)O)c1. The van der Waals surface area contributed by atoms with E-state index in [-0.39, 0.29) is 32.7 Å². The van der Waals surface area contributed by atoms with Gasteiger partial charge in [-0.3, -0.25) is 9.11 Å². The van der Waals surface area contributed by atoms with Crippen molar-refractivity contribution in [2.45, 2.75) is 81.5 Å². The molecule has 0 bridgehead atoms. The van der Waals surface area contributed by atoms with Gasteiger partial charge in [0, 0.05) is 0 Å². The number of hydrogen-bond donors (Lipinski definition) is 2. The minimum Gasteiger partial charge on any atom is -0.282 e. The first-order chi connectivity index (χ1) is 16.1. The summed E-state index contributed by atoms with van der Waals surface area (Å²) >= 11 is 0. The van der Waals surface area contributed by atoms with Crippen LogP contribution in [0.3, 0.4) is 0 Å². The second-order valence-corrected chi connectivity index (χ2v) is 12.2. The Bertz CT molecular complexity index is 1340.